The van der Waals surface area contributed by atoms with Gasteiger partial charge in [0.05, 0.1) is 23.3 Å². The SMILES string of the molecule is CCNCc1nc2cc(-c3cccc4nc(Nc5ccccc5)nn34)ccc2[nH]1. The number of nitrogens with zero attached hydrogens (tertiary/aromatic N) is 4. The van der Waals surface area contributed by atoms with Crippen LogP contribution in [0.5, 0.6) is 0 Å². The van der Waals surface area contributed by atoms with E-state index in [9.17, 15) is 0 Å². The fourth-order valence-corrected chi connectivity index (χ4v) is 3.37. The third kappa shape index (κ3) is 3.43. The molecular weight excluding hydrogens is 362 g/mol. The Labute approximate surface area is 167 Å². The van der Waals surface area contributed by atoms with Crippen molar-refractivity contribution >= 4 is 28.3 Å². The molecule has 7 heteroatoms. The summed E-state index contributed by atoms with van der Waals surface area (Å²) in [5.41, 5.74) is 5.72. The van der Waals surface area contributed by atoms with E-state index in [4.69, 9.17) is 4.98 Å². The highest BCUT2D eigenvalue weighted by Crippen LogP contribution is 2.25. The highest BCUT2D eigenvalue weighted by atomic mass is 15.4. The molecule has 144 valence electrons. The lowest BCUT2D eigenvalue weighted by atomic mass is 10.1. The van der Waals surface area contributed by atoms with Crippen LogP contribution in [-0.4, -0.2) is 31.1 Å². The van der Waals surface area contributed by atoms with E-state index in [0.29, 0.717) is 5.95 Å². The third-order valence-electron chi connectivity index (χ3n) is 4.76. The minimum atomic E-state index is 0.567. The quantitative estimate of drug-likeness (QED) is 0.411. The molecule has 0 aliphatic carbocycles. The molecular formula is C22H21N7. The fourth-order valence-electron chi connectivity index (χ4n) is 3.37. The minimum Gasteiger partial charge on any atom is -0.341 e. The number of fused-ring (bicyclic) bond motifs is 2. The number of anilines is 2. The smallest absolute Gasteiger partial charge is 0.247 e. The van der Waals surface area contributed by atoms with Gasteiger partial charge in [0.25, 0.3) is 0 Å². The Bertz CT molecular complexity index is 1270. The average Bonchev–Trinajstić information content (AvgIpc) is 3.35. The number of imidazole rings is 1. The van der Waals surface area contributed by atoms with Gasteiger partial charge in [-0.3, -0.25) is 0 Å². The van der Waals surface area contributed by atoms with Crippen LogP contribution in [0.2, 0.25) is 0 Å². The van der Waals surface area contributed by atoms with E-state index in [1.807, 2.05) is 53.0 Å². The molecule has 3 heterocycles. The van der Waals surface area contributed by atoms with Crippen LogP contribution >= 0.6 is 0 Å². The number of nitrogens with one attached hydrogen (secondary N) is 3. The number of aromatic amines is 1. The van der Waals surface area contributed by atoms with Crippen LogP contribution < -0.4 is 10.6 Å². The molecule has 3 N–H and O–H groups in total. The van der Waals surface area contributed by atoms with E-state index in [2.05, 4.69) is 50.8 Å². The van der Waals surface area contributed by atoms with Crippen LogP contribution in [0.1, 0.15) is 12.7 Å². The zero-order valence-electron chi connectivity index (χ0n) is 16.1. The summed E-state index contributed by atoms with van der Waals surface area (Å²) < 4.78 is 1.86. The van der Waals surface area contributed by atoms with Gasteiger partial charge in [0, 0.05) is 11.3 Å². The fraction of sp³-hybridized carbons (Fsp3) is 0.136. The molecule has 0 saturated heterocycles. The Hall–Kier alpha value is -3.71. The summed E-state index contributed by atoms with van der Waals surface area (Å²) in [5, 5.41) is 11.2. The predicted octanol–water partition coefficient (Wildman–Crippen LogP) is 4.13. The van der Waals surface area contributed by atoms with Crippen molar-refractivity contribution in [3.63, 3.8) is 0 Å². The molecule has 7 nitrogen and oxygen atoms in total. The van der Waals surface area contributed by atoms with E-state index in [1.54, 1.807) is 0 Å². The zero-order valence-corrected chi connectivity index (χ0v) is 16.1. The summed E-state index contributed by atoms with van der Waals surface area (Å²) in [5.74, 6) is 1.50. The number of aromatic nitrogens is 5. The number of pyridine rings is 1. The van der Waals surface area contributed by atoms with Crippen LogP contribution in [0, 0.1) is 0 Å². The van der Waals surface area contributed by atoms with Crippen LogP contribution in [0.3, 0.4) is 0 Å². The first-order valence-corrected chi connectivity index (χ1v) is 9.68. The normalized spacial score (nSPS) is 11.3. The van der Waals surface area contributed by atoms with Crippen LogP contribution in [-0.2, 0) is 6.54 Å². The number of para-hydroxylation sites is 1. The minimum absolute atomic E-state index is 0.567. The summed E-state index contributed by atoms with van der Waals surface area (Å²) in [6.45, 7) is 3.73. The molecule has 2 aromatic carbocycles. The van der Waals surface area contributed by atoms with Crippen molar-refractivity contribution in [3.05, 3.63) is 72.6 Å². The molecule has 5 rings (SSSR count). The van der Waals surface area contributed by atoms with Gasteiger partial charge in [-0.1, -0.05) is 37.3 Å². The molecule has 0 amide bonds. The van der Waals surface area contributed by atoms with Crippen molar-refractivity contribution in [1.82, 2.24) is 29.9 Å². The standard InChI is InChI=1S/C22H21N7/c1-2-23-14-20-25-17-12-11-15(13-18(17)26-20)19-9-6-10-21-27-22(28-29(19)21)24-16-7-4-3-5-8-16/h3-13,23H,2,14H2,1H3,(H,24,28)(H,25,26). The molecule has 3 aromatic heterocycles. The maximum absolute atomic E-state index is 4.70. The van der Waals surface area contributed by atoms with E-state index in [-0.39, 0.29) is 0 Å². The van der Waals surface area contributed by atoms with Gasteiger partial charge in [-0.05, 0) is 42.9 Å². The van der Waals surface area contributed by atoms with Gasteiger partial charge in [0.2, 0.25) is 5.95 Å². The first kappa shape index (κ1) is 17.4. The second kappa shape index (κ2) is 7.37. The molecule has 0 radical (unpaired) electrons. The Morgan fingerprint density at radius 1 is 0.966 bits per heavy atom. The van der Waals surface area contributed by atoms with Crippen molar-refractivity contribution in [2.75, 3.05) is 11.9 Å². The molecule has 0 bridgehead atoms. The molecule has 29 heavy (non-hydrogen) atoms. The van der Waals surface area contributed by atoms with E-state index >= 15 is 0 Å². The van der Waals surface area contributed by atoms with E-state index < -0.39 is 0 Å². The summed E-state index contributed by atoms with van der Waals surface area (Å²) in [6, 6.07) is 22.1. The molecule has 0 atom stereocenters. The van der Waals surface area contributed by atoms with Crippen LogP contribution in [0.25, 0.3) is 27.9 Å². The summed E-state index contributed by atoms with van der Waals surface area (Å²) in [6.07, 6.45) is 0. The molecule has 0 unspecified atom stereocenters. The monoisotopic (exact) mass is 383 g/mol. The topological polar surface area (TPSA) is 82.9 Å². The highest BCUT2D eigenvalue weighted by Gasteiger charge is 2.11. The Balaban J connectivity index is 1.52. The number of hydrogen-bond donors (Lipinski definition) is 3. The largest absolute Gasteiger partial charge is 0.341 e. The summed E-state index contributed by atoms with van der Waals surface area (Å²) in [4.78, 5) is 12.7. The zero-order chi connectivity index (χ0) is 19.6. The third-order valence-corrected chi connectivity index (χ3v) is 4.76. The van der Waals surface area contributed by atoms with E-state index in [0.717, 1.165) is 52.5 Å². The number of hydrogen-bond acceptors (Lipinski definition) is 5. The molecule has 0 fully saturated rings. The van der Waals surface area contributed by atoms with Crippen LogP contribution in [0.4, 0.5) is 11.6 Å². The Morgan fingerprint density at radius 2 is 1.86 bits per heavy atom. The van der Waals surface area contributed by atoms with Gasteiger partial charge < -0.3 is 15.6 Å². The molecule has 0 aliphatic heterocycles. The van der Waals surface area contributed by atoms with Crippen molar-refractivity contribution in [2.45, 2.75) is 13.5 Å². The van der Waals surface area contributed by atoms with Gasteiger partial charge in [0.1, 0.15) is 5.82 Å². The van der Waals surface area contributed by atoms with Gasteiger partial charge in [-0.25, -0.2) is 9.50 Å². The molecule has 0 spiro atoms. The predicted molar refractivity (Wildman–Crippen MR) is 115 cm³/mol. The van der Waals surface area contributed by atoms with Gasteiger partial charge >= 0.3 is 0 Å². The average molecular weight is 383 g/mol. The second-order valence-electron chi connectivity index (χ2n) is 6.80. The first-order chi connectivity index (χ1) is 14.3. The molecule has 5 aromatic rings. The lowest BCUT2D eigenvalue weighted by Gasteiger charge is -2.04. The Kier molecular flexibility index (Phi) is 4.42. The summed E-state index contributed by atoms with van der Waals surface area (Å²) in [7, 11) is 0. The molecule has 0 aliphatic rings. The second-order valence-corrected chi connectivity index (χ2v) is 6.80. The van der Waals surface area contributed by atoms with Crippen molar-refractivity contribution < 1.29 is 0 Å². The van der Waals surface area contributed by atoms with Crippen molar-refractivity contribution in [2.24, 2.45) is 0 Å². The van der Waals surface area contributed by atoms with Crippen molar-refractivity contribution in [1.29, 1.82) is 0 Å². The maximum atomic E-state index is 4.70. The van der Waals surface area contributed by atoms with Gasteiger partial charge in [0.15, 0.2) is 5.65 Å². The lowest BCUT2D eigenvalue weighted by molar-refractivity contribution is 0.700. The summed E-state index contributed by atoms with van der Waals surface area (Å²) >= 11 is 0. The molecule has 0 saturated carbocycles. The Morgan fingerprint density at radius 3 is 2.72 bits per heavy atom. The van der Waals surface area contributed by atoms with Gasteiger partial charge in [-0.15, -0.1) is 5.10 Å². The maximum Gasteiger partial charge on any atom is 0.247 e. The van der Waals surface area contributed by atoms with Crippen LogP contribution in [0.15, 0.2) is 66.7 Å². The lowest BCUT2D eigenvalue weighted by Crippen LogP contribution is -2.12. The number of H-pyrrole nitrogens is 1. The first-order valence-electron chi connectivity index (χ1n) is 9.68. The number of benzene rings is 2. The van der Waals surface area contributed by atoms with Gasteiger partial charge in [-0.2, -0.15) is 4.98 Å². The van der Waals surface area contributed by atoms with Crippen molar-refractivity contribution in [3.8, 4) is 11.3 Å². The highest BCUT2D eigenvalue weighted by molar-refractivity contribution is 5.81. The van der Waals surface area contributed by atoms with E-state index in [1.165, 1.54) is 0 Å². The number of rotatable bonds is 6.